The molecular weight excluding hydrogens is 328 g/mol. The van der Waals surface area contributed by atoms with Crippen molar-refractivity contribution in [3.8, 4) is 5.88 Å². The number of methoxy groups -OCH3 is 1. The second-order valence-electron chi connectivity index (χ2n) is 6.44. The first-order valence-electron chi connectivity index (χ1n) is 8.85. The van der Waals surface area contributed by atoms with Crippen LogP contribution in [0.25, 0.3) is 0 Å². The smallest absolute Gasteiger partial charge is 0.218 e. The molecule has 1 fully saturated rings. The Kier molecular flexibility index (Phi) is 4.77. The summed E-state index contributed by atoms with van der Waals surface area (Å²) in [5.41, 5.74) is 1.04. The number of pyridine rings is 1. The summed E-state index contributed by atoms with van der Waals surface area (Å²) in [6.45, 7) is 2.62. The van der Waals surface area contributed by atoms with Crippen LogP contribution in [-0.4, -0.2) is 44.7 Å². The number of rotatable bonds is 5. The molecule has 0 amide bonds. The van der Waals surface area contributed by atoms with Gasteiger partial charge in [-0.25, -0.2) is 15.0 Å². The number of ether oxygens (including phenoxy) is 1. The minimum absolute atomic E-state index is 0.364. The summed E-state index contributed by atoms with van der Waals surface area (Å²) in [4.78, 5) is 19.9. The molecule has 0 bridgehead atoms. The Hall–Kier alpha value is -2.96. The second-order valence-corrected chi connectivity index (χ2v) is 6.44. The second kappa shape index (κ2) is 7.51. The molecule has 0 saturated carbocycles. The number of imidazole rings is 1. The van der Waals surface area contributed by atoms with Crippen molar-refractivity contribution in [1.29, 1.82) is 0 Å². The van der Waals surface area contributed by atoms with Gasteiger partial charge < -0.3 is 14.2 Å². The van der Waals surface area contributed by atoms with E-state index in [1.807, 2.05) is 42.9 Å². The number of anilines is 1. The first-order valence-corrected chi connectivity index (χ1v) is 8.85. The maximum absolute atomic E-state index is 5.23. The minimum Gasteiger partial charge on any atom is -0.481 e. The molecule has 1 atom stereocenters. The molecule has 0 radical (unpaired) electrons. The predicted octanol–water partition coefficient (Wildman–Crippen LogP) is 2.51. The monoisotopic (exact) mass is 350 g/mol. The lowest BCUT2D eigenvalue weighted by Gasteiger charge is -2.33. The van der Waals surface area contributed by atoms with Gasteiger partial charge in [-0.1, -0.05) is 6.07 Å². The molecule has 4 heterocycles. The van der Waals surface area contributed by atoms with Crippen LogP contribution in [0.5, 0.6) is 5.88 Å². The zero-order valence-corrected chi connectivity index (χ0v) is 14.8. The minimum atomic E-state index is 0.364. The average Bonchev–Trinajstić information content (AvgIpc) is 3.17. The molecular formula is C19H22N6O. The third-order valence-electron chi connectivity index (χ3n) is 4.75. The van der Waals surface area contributed by atoms with E-state index in [0.717, 1.165) is 49.8 Å². The molecule has 0 spiro atoms. The van der Waals surface area contributed by atoms with E-state index in [1.54, 1.807) is 13.4 Å². The Bertz CT molecular complexity index is 850. The Morgan fingerprint density at radius 3 is 2.96 bits per heavy atom. The van der Waals surface area contributed by atoms with Crippen LogP contribution < -0.4 is 9.64 Å². The van der Waals surface area contributed by atoms with Gasteiger partial charge in [0.05, 0.1) is 19.3 Å². The van der Waals surface area contributed by atoms with Crippen LogP contribution in [0.15, 0.2) is 49.2 Å². The van der Waals surface area contributed by atoms with Crippen molar-refractivity contribution < 1.29 is 4.74 Å². The van der Waals surface area contributed by atoms with Gasteiger partial charge in [-0.05, 0) is 25.0 Å². The average molecular weight is 350 g/mol. The molecule has 3 aromatic rings. The molecule has 1 aliphatic rings. The zero-order chi connectivity index (χ0) is 17.8. The van der Waals surface area contributed by atoms with Crippen LogP contribution in [0.3, 0.4) is 0 Å². The topological polar surface area (TPSA) is 69.0 Å². The summed E-state index contributed by atoms with van der Waals surface area (Å²) in [6, 6.07) is 7.89. The quantitative estimate of drug-likeness (QED) is 0.704. The van der Waals surface area contributed by atoms with Crippen molar-refractivity contribution in [2.75, 3.05) is 25.1 Å². The van der Waals surface area contributed by atoms with Crippen LogP contribution >= 0.6 is 0 Å². The van der Waals surface area contributed by atoms with E-state index in [1.165, 1.54) is 0 Å². The van der Waals surface area contributed by atoms with Gasteiger partial charge in [0.2, 0.25) is 5.88 Å². The maximum atomic E-state index is 5.23. The van der Waals surface area contributed by atoms with Crippen LogP contribution in [0.2, 0.25) is 0 Å². The highest BCUT2D eigenvalue weighted by molar-refractivity contribution is 5.41. The first kappa shape index (κ1) is 16.5. The third-order valence-corrected chi connectivity index (χ3v) is 4.75. The fourth-order valence-corrected chi connectivity index (χ4v) is 3.49. The normalized spacial score (nSPS) is 17.3. The van der Waals surface area contributed by atoms with Crippen molar-refractivity contribution in [1.82, 2.24) is 24.5 Å². The van der Waals surface area contributed by atoms with Crippen molar-refractivity contribution >= 4 is 5.82 Å². The van der Waals surface area contributed by atoms with E-state index in [9.17, 15) is 0 Å². The van der Waals surface area contributed by atoms with Gasteiger partial charge in [-0.2, -0.15) is 0 Å². The number of nitrogens with zero attached hydrogens (tertiary/aromatic N) is 6. The van der Waals surface area contributed by atoms with Gasteiger partial charge in [-0.3, -0.25) is 4.98 Å². The summed E-state index contributed by atoms with van der Waals surface area (Å²) in [5.74, 6) is 2.97. The highest BCUT2D eigenvalue weighted by Gasteiger charge is 2.26. The Balaban J connectivity index is 1.52. The van der Waals surface area contributed by atoms with Crippen molar-refractivity contribution in [3.05, 3.63) is 60.7 Å². The third kappa shape index (κ3) is 3.51. The summed E-state index contributed by atoms with van der Waals surface area (Å²) in [5, 5.41) is 0. The molecule has 0 aliphatic carbocycles. The summed E-state index contributed by atoms with van der Waals surface area (Å²) in [6.07, 6.45) is 9.53. The lowest BCUT2D eigenvalue weighted by molar-refractivity contribution is 0.396. The van der Waals surface area contributed by atoms with Gasteiger partial charge in [0, 0.05) is 43.7 Å². The van der Waals surface area contributed by atoms with Crippen molar-refractivity contribution in [2.45, 2.75) is 25.3 Å². The predicted molar refractivity (Wildman–Crippen MR) is 98.3 cm³/mol. The van der Waals surface area contributed by atoms with Crippen molar-refractivity contribution in [2.24, 2.45) is 0 Å². The molecule has 4 rings (SSSR count). The number of hydrogen-bond acceptors (Lipinski definition) is 6. The van der Waals surface area contributed by atoms with Crippen LogP contribution in [-0.2, 0) is 6.54 Å². The molecule has 134 valence electrons. The van der Waals surface area contributed by atoms with Crippen LogP contribution in [0.1, 0.15) is 30.3 Å². The summed E-state index contributed by atoms with van der Waals surface area (Å²) < 4.78 is 7.43. The molecule has 26 heavy (non-hydrogen) atoms. The van der Waals surface area contributed by atoms with Crippen LogP contribution in [0, 0.1) is 0 Å². The van der Waals surface area contributed by atoms with Crippen LogP contribution in [0.4, 0.5) is 5.82 Å². The Morgan fingerprint density at radius 1 is 1.15 bits per heavy atom. The van der Waals surface area contributed by atoms with E-state index in [-0.39, 0.29) is 0 Å². The van der Waals surface area contributed by atoms with E-state index in [4.69, 9.17) is 4.74 Å². The summed E-state index contributed by atoms with van der Waals surface area (Å²) in [7, 11) is 1.62. The van der Waals surface area contributed by atoms with Gasteiger partial charge in [-0.15, -0.1) is 0 Å². The highest BCUT2D eigenvalue weighted by atomic mass is 16.5. The molecule has 1 saturated heterocycles. The molecule has 7 nitrogen and oxygen atoms in total. The van der Waals surface area contributed by atoms with Gasteiger partial charge in [0.15, 0.2) is 0 Å². The fourth-order valence-electron chi connectivity index (χ4n) is 3.49. The van der Waals surface area contributed by atoms with Crippen molar-refractivity contribution in [3.63, 3.8) is 0 Å². The van der Waals surface area contributed by atoms with Gasteiger partial charge in [0.1, 0.15) is 18.0 Å². The van der Waals surface area contributed by atoms with E-state index >= 15 is 0 Å². The van der Waals surface area contributed by atoms with Gasteiger partial charge in [0.25, 0.3) is 0 Å². The largest absolute Gasteiger partial charge is 0.481 e. The lowest BCUT2D eigenvalue weighted by Crippen LogP contribution is -2.36. The zero-order valence-electron chi connectivity index (χ0n) is 14.8. The number of piperidine rings is 1. The maximum Gasteiger partial charge on any atom is 0.218 e. The van der Waals surface area contributed by atoms with E-state index in [0.29, 0.717) is 11.8 Å². The van der Waals surface area contributed by atoms with E-state index in [2.05, 4.69) is 29.4 Å². The standard InChI is InChI=1S/C19H22N6O/c1-26-18-11-17(22-14-23-18)24-9-4-5-15(12-24)19-21-8-10-25(19)13-16-6-2-3-7-20-16/h2-3,6-8,10-11,14-15H,4-5,9,12-13H2,1H3/t15-/m1/s1. The fraction of sp³-hybridized carbons (Fsp3) is 0.368. The Labute approximate surface area is 152 Å². The first-order chi connectivity index (χ1) is 12.8. The highest BCUT2D eigenvalue weighted by Crippen LogP contribution is 2.29. The Morgan fingerprint density at radius 2 is 2.12 bits per heavy atom. The molecule has 0 N–H and O–H groups in total. The number of aromatic nitrogens is 5. The van der Waals surface area contributed by atoms with E-state index < -0.39 is 0 Å². The molecule has 0 unspecified atom stereocenters. The lowest BCUT2D eigenvalue weighted by atomic mass is 9.97. The molecule has 3 aromatic heterocycles. The summed E-state index contributed by atoms with van der Waals surface area (Å²) >= 11 is 0. The number of hydrogen-bond donors (Lipinski definition) is 0. The molecule has 7 heteroatoms. The SMILES string of the molecule is COc1cc(N2CCC[C@@H](c3nccn3Cc3ccccn3)C2)ncn1. The molecule has 0 aromatic carbocycles. The molecule has 1 aliphatic heterocycles. The van der Waals surface area contributed by atoms with Gasteiger partial charge >= 0.3 is 0 Å².